The lowest BCUT2D eigenvalue weighted by atomic mass is 10.1. The van der Waals surface area contributed by atoms with E-state index in [0.717, 1.165) is 23.4 Å². The number of nitrogens with two attached hydrogens (primary N) is 1. The fourth-order valence-corrected chi connectivity index (χ4v) is 1.88. The minimum atomic E-state index is -0.115. The number of nitrogens with one attached hydrogen (secondary N) is 1. The molecule has 2 rings (SSSR count). The minimum Gasteiger partial charge on any atom is -0.399 e. The molecule has 0 spiro atoms. The Balaban J connectivity index is 1.92. The molecular weight excluding hydrogens is 252 g/mol. The summed E-state index contributed by atoms with van der Waals surface area (Å²) < 4.78 is 0. The van der Waals surface area contributed by atoms with Gasteiger partial charge in [-0.3, -0.25) is 4.79 Å². The third kappa shape index (κ3) is 3.54. The van der Waals surface area contributed by atoms with Gasteiger partial charge in [-0.1, -0.05) is 12.1 Å². The number of nitrogens with zero attached hydrogens (tertiary/aromatic N) is 2. The molecule has 3 N–H and O–H groups in total. The number of nitrogen functional groups attached to an aromatic ring is 1. The molecule has 0 saturated heterocycles. The second kappa shape index (κ2) is 6.14. The molecule has 0 unspecified atom stereocenters. The molecule has 0 atom stereocenters. The molecular formula is C15H18N4O. The largest absolute Gasteiger partial charge is 0.399 e. The van der Waals surface area contributed by atoms with Gasteiger partial charge in [-0.05, 0) is 44.0 Å². The molecule has 0 radical (unpaired) electrons. The van der Waals surface area contributed by atoms with E-state index in [2.05, 4.69) is 15.5 Å². The summed E-state index contributed by atoms with van der Waals surface area (Å²) in [6.07, 6.45) is 0.766. The lowest BCUT2D eigenvalue weighted by molar-refractivity contribution is 0.0952. The summed E-state index contributed by atoms with van der Waals surface area (Å²) in [5.74, 6) is -0.115. The number of hydrogen-bond acceptors (Lipinski definition) is 4. The average molecular weight is 270 g/mol. The Morgan fingerprint density at radius 2 is 1.90 bits per heavy atom. The molecule has 0 bridgehead atoms. The summed E-state index contributed by atoms with van der Waals surface area (Å²) >= 11 is 0. The van der Waals surface area contributed by atoms with Crippen LogP contribution in [0.4, 0.5) is 5.69 Å². The van der Waals surface area contributed by atoms with Crippen molar-refractivity contribution in [3.63, 3.8) is 0 Å². The maximum absolute atomic E-state index is 12.1. The van der Waals surface area contributed by atoms with Gasteiger partial charge in [0.2, 0.25) is 0 Å². The first-order valence-electron chi connectivity index (χ1n) is 6.50. The zero-order chi connectivity index (χ0) is 14.5. The number of benzene rings is 1. The van der Waals surface area contributed by atoms with Crippen LogP contribution in [-0.4, -0.2) is 22.6 Å². The Labute approximate surface area is 118 Å². The second-order valence-electron chi connectivity index (χ2n) is 4.73. The molecule has 0 saturated carbocycles. The van der Waals surface area contributed by atoms with E-state index in [1.54, 1.807) is 13.0 Å². The van der Waals surface area contributed by atoms with Crippen LogP contribution in [0.5, 0.6) is 0 Å². The molecule has 0 aliphatic rings. The quantitative estimate of drug-likeness (QED) is 0.828. The number of anilines is 1. The third-order valence-electron chi connectivity index (χ3n) is 3.02. The number of hydrogen-bond donors (Lipinski definition) is 2. The van der Waals surface area contributed by atoms with E-state index >= 15 is 0 Å². The first-order chi connectivity index (χ1) is 9.56. The van der Waals surface area contributed by atoms with Gasteiger partial charge in [0.25, 0.3) is 5.91 Å². The van der Waals surface area contributed by atoms with Crippen molar-refractivity contribution in [1.29, 1.82) is 0 Å². The number of amides is 1. The fourth-order valence-electron chi connectivity index (χ4n) is 1.88. The normalized spacial score (nSPS) is 10.3. The molecule has 5 nitrogen and oxygen atoms in total. The molecule has 1 aromatic carbocycles. The van der Waals surface area contributed by atoms with E-state index < -0.39 is 0 Å². The van der Waals surface area contributed by atoms with Gasteiger partial charge in [-0.2, -0.15) is 10.2 Å². The van der Waals surface area contributed by atoms with Gasteiger partial charge in [-0.15, -0.1) is 0 Å². The van der Waals surface area contributed by atoms with Gasteiger partial charge < -0.3 is 11.1 Å². The maximum Gasteiger partial charge on any atom is 0.253 e. The molecule has 0 aliphatic carbocycles. The standard InChI is InChI=1S/C15H18N4O/c1-10-9-14(11(2)19-18-10)15(20)17-8-7-12-3-5-13(16)6-4-12/h3-6,9H,7-8,16H2,1-2H3,(H,17,20). The second-order valence-corrected chi connectivity index (χ2v) is 4.73. The van der Waals surface area contributed by atoms with Crippen LogP contribution in [0.2, 0.25) is 0 Å². The number of carbonyl (C=O) groups excluding carboxylic acids is 1. The Morgan fingerprint density at radius 1 is 1.20 bits per heavy atom. The monoisotopic (exact) mass is 270 g/mol. The Hall–Kier alpha value is -2.43. The molecule has 0 aliphatic heterocycles. The highest BCUT2D eigenvalue weighted by molar-refractivity contribution is 5.95. The predicted octanol–water partition coefficient (Wildman–Crippen LogP) is 1.65. The zero-order valence-corrected chi connectivity index (χ0v) is 11.7. The topological polar surface area (TPSA) is 80.9 Å². The molecule has 1 amide bonds. The van der Waals surface area contributed by atoms with Crippen molar-refractivity contribution >= 4 is 11.6 Å². The maximum atomic E-state index is 12.1. The fraction of sp³-hybridized carbons (Fsp3) is 0.267. The van der Waals surface area contributed by atoms with E-state index in [9.17, 15) is 4.79 Å². The molecule has 1 aromatic heterocycles. The van der Waals surface area contributed by atoms with Crippen LogP contribution in [0.1, 0.15) is 27.3 Å². The van der Waals surface area contributed by atoms with E-state index in [1.807, 2.05) is 31.2 Å². The summed E-state index contributed by atoms with van der Waals surface area (Å²) in [5.41, 5.74) is 9.46. The molecule has 2 aromatic rings. The molecule has 1 heterocycles. The summed E-state index contributed by atoms with van der Waals surface area (Å²) in [6, 6.07) is 9.39. The smallest absolute Gasteiger partial charge is 0.253 e. The highest BCUT2D eigenvalue weighted by atomic mass is 16.1. The first kappa shape index (κ1) is 14.0. The third-order valence-corrected chi connectivity index (χ3v) is 3.02. The summed E-state index contributed by atoms with van der Waals surface area (Å²) in [5, 5.41) is 10.8. The van der Waals surface area contributed by atoms with Gasteiger partial charge in [-0.25, -0.2) is 0 Å². The van der Waals surface area contributed by atoms with Crippen molar-refractivity contribution in [2.45, 2.75) is 20.3 Å². The average Bonchev–Trinajstić information content (AvgIpc) is 2.43. The van der Waals surface area contributed by atoms with E-state index in [1.165, 1.54) is 0 Å². The number of aromatic nitrogens is 2. The van der Waals surface area contributed by atoms with Crippen molar-refractivity contribution in [2.75, 3.05) is 12.3 Å². The highest BCUT2D eigenvalue weighted by Gasteiger charge is 2.10. The number of carbonyl (C=O) groups is 1. The van der Waals surface area contributed by atoms with Crippen LogP contribution in [0.25, 0.3) is 0 Å². The lowest BCUT2D eigenvalue weighted by Crippen LogP contribution is -2.27. The zero-order valence-electron chi connectivity index (χ0n) is 11.7. The SMILES string of the molecule is Cc1cc(C(=O)NCCc2ccc(N)cc2)c(C)nn1. The van der Waals surface area contributed by atoms with Crippen LogP contribution in [0.3, 0.4) is 0 Å². The molecule has 20 heavy (non-hydrogen) atoms. The predicted molar refractivity (Wildman–Crippen MR) is 78.4 cm³/mol. The molecule has 0 fully saturated rings. The van der Waals surface area contributed by atoms with Gasteiger partial charge in [0.15, 0.2) is 0 Å². The summed E-state index contributed by atoms with van der Waals surface area (Å²) in [4.78, 5) is 12.1. The summed E-state index contributed by atoms with van der Waals surface area (Å²) in [6.45, 7) is 4.17. The summed E-state index contributed by atoms with van der Waals surface area (Å²) in [7, 11) is 0. The highest BCUT2D eigenvalue weighted by Crippen LogP contribution is 2.07. The minimum absolute atomic E-state index is 0.115. The van der Waals surface area contributed by atoms with Crippen LogP contribution in [0, 0.1) is 13.8 Å². The first-order valence-corrected chi connectivity index (χ1v) is 6.50. The lowest BCUT2D eigenvalue weighted by Gasteiger charge is -2.07. The van der Waals surface area contributed by atoms with Crippen molar-refractivity contribution in [3.05, 3.63) is 52.8 Å². The Kier molecular flexibility index (Phi) is 4.30. The van der Waals surface area contributed by atoms with Crippen LogP contribution >= 0.6 is 0 Å². The van der Waals surface area contributed by atoms with Gasteiger partial charge >= 0.3 is 0 Å². The van der Waals surface area contributed by atoms with Gasteiger partial charge in [0.1, 0.15) is 0 Å². The van der Waals surface area contributed by atoms with Crippen molar-refractivity contribution in [2.24, 2.45) is 0 Å². The Bertz CT molecular complexity index is 608. The van der Waals surface area contributed by atoms with Crippen molar-refractivity contribution in [1.82, 2.24) is 15.5 Å². The van der Waals surface area contributed by atoms with Gasteiger partial charge in [0.05, 0.1) is 17.0 Å². The van der Waals surface area contributed by atoms with Crippen LogP contribution in [-0.2, 0) is 6.42 Å². The molecule has 5 heteroatoms. The van der Waals surface area contributed by atoms with Crippen molar-refractivity contribution < 1.29 is 4.79 Å². The van der Waals surface area contributed by atoms with Crippen molar-refractivity contribution in [3.8, 4) is 0 Å². The number of aryl methyl sites for hydroxylation is 2. The van der Waals surface area contributed by atoms with E-state index in [4.69, 9.17) is 5.73 Å². The van der Waals surface area contributed by atoms with E-state index in [0.29, 0.717) is 17.8 Å². The van der Waals surface area contributed by atoms with Gasteiger partial charge in [0, 0.05) is 12.2 Å². The van der Waals surface area contributed by atoms with E-state index in [-0.39, 0.29) is 5.91 Å². The number of rotatable bonds is 4. The van der Waals surface area contributed by atoms with Crippen LogP contribution in [0.15, 0.2) is 30.3 Å². The molecule has 104 valence electrons. The Morgan fingerprint density at radius 3 is 2.60 bits per heavy atom. The van der Waals surface area contributed by atoms with Crippen LogP contribution < -0.4 is 11.1 Å².